The quantitative estimate of drug-likeness (QED) is 0.517. The zero-order chi connectivity index (χ0) is 13.2. The van der Waals surface area contributed by atoms with Crippen molar-refractivity contribution in [3.05, 3.63) is 21.9 Å². The summed E-state index contributed by atoms with van der Waals surface area (Å²) in [7, 11) is 0. The molecule has 0 saturated carbocycles. The number of carbonyl (C=O) groups excluding carboxylic acids is 1. The van der Waals surface area contributed by atoms with Crippen molar-refractivity contribution < 1.29 is 14.7 Å². The molecule has 0 aliphatic carbocycles. The molecule has 0 bridgehead atoms. The smallest absolute Gasteiger partial charge is 0.303 e. The molecule has 100 valence electrons. The highest BCUT2D eigenvalue weighted by Crippen LogP contribution is 2.18. The van der Waals surface area contributed by atoms with Crippen LogP contribution in [0.3, 0.4) is 0 Å². The van der Waals surface area contributed by atoms with E-state index in [-0.39, 0.29) is 0 Å². The van der Waals surface area contributed by atoms with Crippen LogP contribution in [0.1, 0.15) is 59.5 Å². The highest BCUT2D eigenvalue weighted by atomic mass is 32.1. The number of hydrogen-bond donors (Lipinski definition) is 1. The second kappa shape index (κ2) is 8.86. The van der Waals surface area contributed by atoms with E-state index in [0.29, 0.717) is 6.42 Å². The Morgan fingerprint density at radius 1 is 1.11 bits per heavy atom. The lowest BCUT2D eigenvalue weighted by Crippen LogP contribution is -1.93. The van der Waals surface area contributed by atoms with Crippen LogP contribution in [0.2, 0.25) is 0 Å². The molecule has 0 aliphatic heterocycles. The number of aryl methyl sites for hydroxylation is 1. The third-order valence-corrected chi connectivity index (χ3v) is 3.93. The fourth-order valence-corrected chi connectivity index (χ4v) is 2.74. The summed E-state index contributed by atoms with van der Waals surface area (Å²) in [6.45, 7) is 0. The highest BCUT2D eigenvalue weighted by Gasteiger charge is 1.99. The van der Waals surface area contributed by atoms with Crippen molar-refractivity contribution in [1.29, 1.82) is 0 Å². The molecular weight excluding hydrogens is 248 g/mol. The number of aliphatic carboxylic acids is 1. The summed E-state index contributed by atoms with van der Waals surface area (Å²) >= 11 is 1.57. The third-order valence-electron chi connectivity index (χ3n) is 2.86. The average Bonchev–Trinajstić information content (AvgIpc) is 2.80. The first-order valence-corrected chi connectivity index (χ1v) is 7.29. The molecule has 0 spiro atoms. The Balaban J connectivity index is 1.95. The summed E-state index contributed by atoms with van der Waals surface area (Å²) in [5, 5.41) is 8.48. The van der Waals surface area contributed by atoms with Gasteiger partial charge in [0.15, 0.2) is 6.29 Å². The first-order chi connectivity index (χ1) is 8.72. The topological polar surface area (TPSA) is 54.4 Å². The minimum atomic E-state index is -0.696. The first kappa shape index (κ1) is 14.9. The number of thiophene rings is 1. The number of hydrogen-bond acceptors (Lipinski definition) is 3. The van der Waals surface area contributed by atoms with Gasteiger partial charge < -0.3 is 5.11 Å². The number of carboxylic acids is 1. The molecule has 1 aromatic rings. The minimum Gasteiger partial charge on any atom is -0.481 e. The van der Waals surface area contributed by atoms with Crippen LogP contribution < -0.4 is 0 Å². The molecule has 1 heterocycles. The van der Waals surface area contributed by atoms with E-state index in [2.05, 4.69) is 0 Å². The number of carboxylic acid groups (broad SMARTS) is 1. The molecule has 4 heteroatoms. The van der Waals surface area contributed by atoms with Gasteiger partial charge in [-0.3, -0.25) is 9.59 Å². The van der Waals surface area contributed by atoms with E-state index in [1.165, 1.54) is 17.7 Å². The molecule has 18 heavy (non-hydrogen) atoms. The van der Waals surface area contributed by atoms with E-state index in [1.54, 1.807) is 11.3 Å². The van der Waals surface area contributed by atoms with Crippen molar-refractivity contribution in [2.24, 2.45) is 0 Å². The largest absolute Gasteiger partial charge is 0.481 e. The molecule has 0 fully saturated rings. The molecule has 0 unspecified atom stereocenters. The fourth-order valence-electron chi connectivity index (χ4n) is 1.87. The lowest BCUT2D eigenvalue weighted by molar-refractivity contribution is -0.137. The summed E-state index contributed by atoms with van der Waals surface area (Å²) in [5.41, 5.74) is 0. The fraction of sp³-hybridized carbons (Fsp3) is 0.571. The Labute approximate surface area is 112 Å². The molecular formula is C14H20O3S. The summed E-state index contributed by atoms with van der Waals surface area (Å²) in [6.07, 6.45) is 8.68. The van der Waals surface area contributed by atoms with Crippen LogP contribution in [0.4, 0.5) is 0 Å². The monoisotopic (exact) mass is 268 g/mol. The van der Waals surface area contributed by atoms with Crippen molar-refractivity contribution in [2.75, 3.05) is 0 Å². The molecule has 1 aromatic heterocycles. The molecule has 0 saturated heterocycles. The summed E-state index contributed by atoms with van der Waals surface area (Å²) in [6, 6.07) is 3.90. The van der Waals surface area contributed by atoms with E-state index in [9.17, 15) is 9.59 Å². The number of carbonyl (C=O) groups is 2. The molecule has 0 amide bonds. The summed E-state index contributed by atoms with van der Waals surface area (Å²) in [5.74, 6) is -0.696. The van der Waals surface area contributed by atoms with E-state index < -0.39 is 5.97 Å². The van der Waals surface area contributed by atoms with Gasteiger partial charge in [-0.1, -0.05) is 25.7 Å². The zero-order valence-electron chi connectivity index (χ0n) is 10.6. The number of rotatable bonds is 10. The third kappa shape index (κ3) is 6.55. The summed E-state index contributed by atoms with van der Waals surface area (Å²) < 4.78 is 0. The van der Waals surface area contributed by atoms with Gasteiger partial charge in [0.25, 0.3) is 0 Å². The van der Waals surface area contributed by atoms with Gasteiger partial charge in [-0.05, 0) is 31.4 Å². The molecule has 3 nitrogen and oxygen atoms in total. The Bertz CT molecular complexity index is 371. The standard InChI is InChI=1S/C14H20O3S/c15-11-13-10-9-12(18-13)7-5-3-1-2-4-6-8-14(16)17/h9-11H,1-8H2,(H,16,17). The van der Waals surface area contributed by atoms with Crippen molar-refractivity contribution in [3.8, 4) is 0 Å². The Hall–Kier alpha value is -1.16. The van der Waals surface area contributed by atoms with Crippen LogP contribution in [0.15, 0.2) is 12.1 Å². The summed E-state index contributed by atoms with van der Waals surface area (Å²) in [4.78, 5) is 22.9. The maximum absolute atomic E-state index is 10.5. The van der Waals surface area contributed by atoms with Crippen LogP contribution in [0.5, 0.6) is 0 Å². The van der Waals surface area contributed by atoms with E-state index in [0.717, 1.165) is 43.3 Å². The van der Waals surface area contributed by atoms with Crippen molar-refractivity contribution in [2.45, 2.75) is 51.4 Å². The SMILES string of the molecule is O=Cc1ccc(CCCCCCCCC(=O)O)s1. The Kier molecular flexibility index (Phi) is 7.34. The lowest BCUT2D eigenvalue weighted by atomic mass is 10.1. The van der Waals surface area contributed by atoms with Gasteiger partial charge in [0.2, 0.25) is 0 Å². The Morgan fingerprint density at radius 2 is 1.78 bits per heavy atom. The van der Waals surface area contributed by atoms with Crippen LogP contribution in [-0.4, -0.2) is 17.4 Å². The molecule has 1 rings (SSSR count). The van der Waals surface area contributed by atoms with E-state index >= 15 is 0 Å². The van der Waals surface area contributed by atoms with Gasteiger partial charge in [0, 0.05) is 11.3 Å². The second-order valence-electron chi connectivity index (χ2n) is 4.44. The van der Waals surface area contributed by atoms with Crippen molar-refractivity contribution >= 4 is 23.6 Å². The molecule has 0 aromatic carbocycles. The molecule has 0 radical (unpaired) electrons. The van der Waals surface area contributed by atoms with Crippen LogP contribution in [0, 0.1) is 0 Å². The van der Waals surface area contributed by atoms with E-state index in [1.807, 2.05) is 12.1 Å². The van der Waals surface area contributed by atoms with Gasteiger partial charge in [0.1, 0.15) is 0 Å². The van der Waals surface area contributed by atoms with Gasteiger partial charge >= 0.3 is 5.97 Å². The molecule has 1 N–H and O–H groups in total. The normalized spacial score (nSPS) is 10.4. The number of aldehydes is 1. The van der Waals surface area contributed by atoms with Gasteiger partial charge in [-0.15, -0.1) is 11.3 Å². The highest BCUT2D eigenvalue weighted by molar-refractivity contribution is 7.13. The lowest BCUT2D eigenvalue weighted by Gasteiger charge is -2.00. The first-order valence-electron chi connectivity index (χ1n) is 6.48. The predicted octanol–water partition coefficient (Wildman–Crippen LogP) is 3.92. The second-order valence-corrected chi connectivity index (χ2v) is 5.64. The predicted molar refractivity (Wildman–Crippen MR) is 73.4 cm³/mol. The minimum absolute atomic E-state index is 0.295. The number of unbranched alkanes of at least 4 members (excludes halogenated alkanes) is 5. The molecule has 0 atom stereocenters. The van der Waals surface area contributed by atoms with Crippen LogP contribution in [-0.2, 0) is 11.2 Å². The van der Waals surface area contributed by atoms with Gasteiger partial charge in [0.05, 0.1) is 4.88 Å². The van der Waals surface area contributed by atoms with Gasteiger partial charge in [-0.25, -0.2) is 0 Å². The molecule has 0 aliphatic rings. The maximum Gasteiger partial charge on any atom is 0.303 e. The van der Waals surface area contributed by atoms with Crippen LogP contribution >= 0.6 is 11.3 Å². The van der Waals surface area contributed by atoms with Crippen molar-refractivity contribution in [3.63, 3.8) is 0 Å². The van der Waals surface area contributed by atoms with Gasteiger partial charge in [-0.2, -0.15) is 0 Å². The average molecular weight is 268 g/mol. The Morgan fingerprint density at radius 3 is 2.39 bits per heavy atom. The van der Waals surface area contributed by atoms with Crippen LogP contribution in [0.25, 0.3) is 0 Å². The zero-order valence-corrected chi connectivity index (χ0v) is 11.4. The van der Waals surface area contributed by atoms with Crippen molar-refractivity contribution in [1.82, 2.24) is 0 Å². The maximum atomic E-state index is 10.5. The van der Waals surface area contributed by atoms with E-state index in [4.69, 9.17) is 5.11 Å².